The molecule has 1 rings (SSSR count). The summed E-state index contributed by atoms with van der Waals surface area (Å²) in [5, 5.41) is 0. The molecule has 0 heterocycles. The highest BCUT2D eigenvalue weighted by molar-refractivity contribution is 5.42. The van der Waals surface area contributed by atoms with Gasteiger partial charge in [0.2, 0.25) is 0 Å². The number of anilines is 1. The maximum absolute atomic E-state index is 2.08. The summed E-state index contributed by atoms with van der Waals surface area (Å²) in [6, 6.07) is 18.3. The van der Waals surface area contributed by atoms with E-state index in [0.29, 0.717) is 0 Å². The van der Waals surface area contributed by atoms with E-state index < -0.39 is 0 Å². The van der Waals surface area contributed by atoms with Gasteiger partial charge < -0.3 is 4.90 Å². The minimum atomic E-state index is 1.19. The lowest BCUT2D eigenvalue weighted by atomic mass is 10.3. The number of hydrogen-bond acceptors (Lipinski definition) is 1. The van der Waals surface area contributed by atoms with Crippen LogP contribution in [0.25, 0.3) is 0 Å². The van der Waals surface area contributed by atoms with Crippen LogP contribution in [0.5, 0.6) is 0 Å². The van der Waals surface area contributed by atoms with Gasteiger partial charge in [0.05, 0.1) is 0 Å². The van der Waals surface area contributed by atoms with Crippen molar-refractivity contribution in [3.8, 4) is 0 Å². The highest BCUT2D eigenvalue weighted by atomic mass is 15.1. The molecule has 0 fully saturated rings. The Hall–Kier alpha value is -1.50. The molecule has 0 spiro atoms. The predicted octanol–water partition coefficient (Wildman–Crippen LogP) is 2.88. The second-order valence-corrected chi connectivity index (χ2v) is 3.00. The molecule has 1 nitrogen and oxygen atoms in total. The van der Waals surface area contributed by atoms with Gasteiger partial charge in [-0.1, -0.05) is 42.5 Å². The van der Waals surface area contributed by atoms with Crippen molar-refractivity contribution in [1.82, 2.24) is 0 Å². The van der Waals surface area contributed by atoms with Crippen molar-refractivity contribution in [3.05, 3.63) is 54.6 Å². The van der Waals surface area contributed by atoms with Gasteiger partial charge in [-0.3, -0.25) is 0 Å². The van der Waals surface area contributed by atoms with Gasteiger partial charge in [-0.2, -0.15) is 0 Å². The Bertz CT molecular complexity index is 279. The molecule has 0 amide bonds. The lowest BCUT2D eigenvalue weighted by Crippen LogP contribution is -2.07. The molecular weight excluding hydrogens is 158 g/mol. The van der Waals surface area contributed by atoms with Crippen molar-refractivity contribution in [2.24, 2.45) is 0 Å². The molecular formula is C12H15N. The minimum absolute atomic E-state index is 1.19. The van der Waals surface area contributed by atoms with Gasteiger partial charge in [0.1, 0.15) is 0 Å². The number of hydrogen-bond donors (Lipinski definition) is 0. The summed E-state index contributed by atoms with van der Waals surface area (Å²) in [6.45, 7) is 0. The summed E-state index contributed by atoms with van der Waals surface area (Å²) < 4.78 is 0. The normalized spacial score (nSPS) is 8.77. The van der Waals surface area contributed by atoms with Crippen LogP contribution >= 0.6 is 0 Å². The lowest BCUT2D eigenvalue weighted by Gasteiger charge is -2.09. The molecule has 0 radical (unpaired) electrons. The van der Waals surface area contributed by atoms with Crippen LogP contribution in [0.2, 0.25) is 0 Å². The van der Waals surface area contributed by atoms with Crippen LogP contribution in [-0.4, -0.2) is 14.1 Å². The van der Waals surface area contributed by atoms with E-state index in [9.17, 15) is 0 Å². The van der Waals surface area contributed by atoms with Crippen LogP contribution in [0.15, 0.2) is 54.6 Å². The van der Waals surface area contributed by atoms with Crippen LogP contribution in [0.1, 0.15) is 0 Å². The molecule has 1 aromatic carbocycles. The third-order valence-electron chi connectivity index (χ3n) is 1.72. The first kappa shape index (κ1) is 9.59. The third kappa shape index (κ3) is 3.61. The van der Waals surface area contributed by atoms with E-state index in [2.05, 4.69) is 17.0 Å². The van der Waals surface area contributed by atoms with Gasteiger partial charge >= 0.3 is 0 Å². The monoisotopic (exact) mass is 173 g/mol. The molecule has 13 heavy (non-hydrogen) atoms. The van der Waals surface area contributed by atoms with Gasteiger partial charge in [-0.05, 0) is 12.1 Å². The molecule has 0 unspecified atom stereocenters. The van der Waals surface area contributed by atoms with Gasteiger partial charge in [0, 0.05) is 19.8 Å². The van der Waals surface area contributed by atoms with Crippen molar-refractivity contribution in [3.63, 3.8) is 0 Å². The average molecular weight is 173 g/mol. The van der Waals surface area contributed by atoms with E-state index in [1.807, 2.05) is 56.6 Å². The van der Waals surface area contributed by atoms with E-state index in [0.717, 1.165) is 0 Å². The summed E-state index contributed by atoms with van der Waals surface area (Å²) in [4.78, 5) is 2.08. The van der Waals surface area contributed by atoms with Crippen LogP contribution < -0.4 is 4.90 Å². The Kier molecular flexibility index (Phi) is 3.83. The molecule has 0 atom stereocenters. The standard InChI is InChI=1S/C12H15N/c1-13(2)12-10-8-6-4-3-5-7-9-11-12/h3-11H,1-2H3. The molecule has 0 aromatic heterocycles. The maximum Gasteiger partial charge on any atom is 0.0360 e. The molecule has 0 bridgehead atoms. The van der Waals surface area contributed by atoms with Gasteiger partial charge in [0.15, 0.2) is 0 Å². The van der Waals surface area contributed by atoms with Crippen LogP contribution in [-0.2, 0) is 0 Å². The molecule has 0 saturated carbocycles. The highest BCUT2D eigenvalue weighted by Gasteiger charge is 1.86. The van der Waals surface area contributed by atoms with Gasteiger partial charge in [-0.25, -0.2) is 0 Å². The smallest absolute Gasteiger partial charge is 0.0360 e. The zero-order valence-electron chi connectivity index (χ0n) is 8.14. The van der Waals surface area contributed by atoms with Crippen molar-refractivity contribution < 1.29 is 0 Å². The molecule has 0 aliphatic carbocycles. The minimum Gasteiger partial charge on any atom is -0.378 e. The van der Waals surface area contributed by atoms with Crippen LogP contribution in [0.4, 0.5) is 5.69 Å². The molecule has 0 N–H and O–H groups in total. The van der Waals surface area contributed by atoms with E-state index in [1.54, 1.807) is 0 Å². The largest absolute Gasteiger partial charge is 0.378 e. The Morgan fingerprint density at radius 3 is 1.46 bits per heavy atom. The Balaban J connectivity index is 3.11. The van der Waals surface area contributed by atoms with E-state index >= 15 is 0 Å². The molecule has 0 aliphatic rings. The highest BCUT2D eigenvalue weighted by Crippen LogP contribution is 2.05. The maximum atomic E-state index is 2.08. The Labute approximate surface area is 80.0 Å². The Morgan fingerprint density at radius 1 is 0.692 bits per heavy atom. The van der Waals surface area contributed by atoms with Crippen LogP contribution in [0.3, 0.4) is 0 Å². The average Bonchev–Trinajstić information content (AvgIpc) is 2.14. The molecule has 0 aliphatic heterocycles. The zero-order chi connectivity index (χ0) is 9.52. The fraction of sp³-hybridized carbons (Fsp3) is 0.167. The second-order valence-electron chi connectivity index (χ2n) is 3.00. The van der Waals surface area contributed by atoms with E-state index in [-0.39, 0.29) is 0 Å². The van der Waals surface area contributed by atoms with Crippen molar-refractivity contribution in [1.29, 1.82) is 0 Å². The lowest BCUT2D eigenvalue weighted by molar-refractivity contribution is 1.13. The summed E-state index contributed by atoms with van der Waals surface area (Å²) in [7, 11) is 4.07. The third-order valence-corrected chi connectivity index (χ3v) is 1.72. The first-order valence-electron chi connectivity index (χ1n) is 4.36. The quantitative estimate of drug-likeness (QED) is 0.631. The summed E-state index contributed by atoms with van der Waals surface area (Å²) >= 11 is 0. The molecule has 1 heteroatoms. The summed E-state index contributed by atoms with van der Waals surface area (Å²) in [5.41, 5.74) is 1.19. The second kappa shape index (κ2) is 5.20. The van der Waals surface area contributed by atoms with E-state index in [1.165, 1.54) is 5.69 Å². The molecule has 68 valence electrons. The summed E-state index contributed by atoms with van der Waals surface area (Å²) in [5.74, 6) is 0. The number of rotatable bonds is 1. The Morgan fingerprint density at radius 2 is 1.08 bits per heavy atom. The first-order valence-corrected chi connectivity index (χ1v) is 4.36. The molecule has 1 aromatic rings. The van der Waals surface area contributed by atoms with Crippen molar-refractivity contribution in [2.75, 3.05) is 19.0 Å². The topological polar surface area (TPSA) is 3.24 Å². The predicted molar refractivity (Wildman–Crippen MR) is 58.4 cm³/mol. The van der Waals surface area contributed by atoms with Gasteiger partial charge in [-0.15, -0.1) is 0 Å². The van der Waals surface area contributed by atoms with Crippen molar-refractivity contribution >= 4 is 5.69 Å². The van der Waals surface area contributed by atoms with E-state index in [4.69, 9.17) is 0 Å². The molecule has 0 saturated heterocycles. The first-order chi connectivity index (χ1) is 6.30. The van der Waals surface area contributed by atoms with Crippen molar-refractivity contribution in [2.45, 2.75) is 0 Å². The summed E-state index contributed by atoms with van der Waals surface area (Å²) in [6.07, 6.45) is 0. The zero-order valence-corrected chi connectivity index (χ0v) is 8.14. The number of nitrogens with zero attached hydrogens (tertiary/aromatic N) is 1. The van der Waals surface area contributed by atoms with Gasteiger partial charge in [0.25, 0.3) is 0 Å². The fourth-order valence-electron chi connectivity index (χ4n) is 0.983. The SMILES string of the molecule is CN(C)c1ccccccccc1. The van der Waals surface area contributed by atoms with Crippen LogP contribution in [0, 0.1) is 0 Å². The fourth-order valence-corrected chi connectivity index (χ4v) is 0.983.